The molecule has 6 nitrogen and oxygen atoms in total. The molecule has 0 spiro atoms. The predicted octanol–water partition coefficient (Wildman–Crippen LogP) is 1.77. The maximum atomic E-state index is 12.5. The Hall–Kier alpha value is -2.08. The van der Waals surface area contributed by atoms with E-state index in [1.54, 1.807) is 9.80 Å². The molecular formula is C20H30N2O4. The van der Waals surface area contributed by atoms with Gasteiger partial charge in [0.1, 0.15) is 5.75 Å². The summed E-state index contributed by atoms with van der Waals surface area (Å²) in [7, 11) is 0. The van der Waals surface area contributed by atoms with Crippen molar-refractivity contribution in [1.82, 2.24) is 9.80 Å². The molecule has 1 N–H and O–H groups in total. The third-order valence-electron chi connectivity index (χ3n) is 4.70. The van der Waals surface area contributed by atoms with Crippen LogP contribution < -0.4 is 4.74 Å². The Bertz CT molecular complexity index is 632. The van der Waals surface area contributed by atoms with Crippen LogP contribution >= 0.6 is 0 Å². The van der Waals surface area contributed by atoms with Gasteiger partial charge in [-0.2, -0.15) is 0 Å². The van der Waals surface area contributed by atoms with Crippen molar-refractivity contribution in [1.29, 1.82) is 0 Å². The van der Waals surface area contributed by atoms with E-state index in [4.69, 9.17) is 4.74 Å². The second-order valence-electron chi connectivity index (χ2n) is 6.85. The first-order chi connectivity index (χ1) is 12.4. The fraction of sp³-hybridized carbons (Fsp3) is 0.600. The number of aliphatic hydroxyl groups is 1. The topological polar surface area (TPSA) is 70.1 Å². The molecule has 0 unspecified atom stereocenters. The Morgan fingerprint density at radius 1 is 1.23 bits per heavy atom. The molecule has 1 saturated heterocycles. The van der Waals surface area contributed by atoms with Crippen LogP contribution in [-0.4, -0.2) is 65.6 Å². The fourth-order valence-electron chi connectivity index (χ4n) is 3.29. The summed E-state index contributed by atoms with van der Waals surface area (Å²) in [4.78, 5) is 27.2. The zero-order valence-electron chi connectivity index (χ0n) is 16.0. The van der Waals surface area contributed by atoms with Crippen molar-refractivity contribution < 1.29 is 19.4 Å². The number of amides is 2. The number of aliphatic hydroxyl groups excluding tert-OH is 1. The van der Waals surface area contributed by atoms with Gasteiger partial charge in [0.15, 0.2) is 0 Å². The molecule has 1 aliphatic rings. The molecule has 26 heavy (non-hydrogen) atoms. The first-order valence-electron chi connectivity index (χ1n) is 9.34. The van der Waals surface area contributed by atoms with Gasteiger partial charge in [0, 0.05) is 39.5 Å². The highest BCUT2D eigenvalue weighted by Crippen LogP contribution is 2.20. The summed E-state index contributed by atoms with van der Waals surface area (Å²) in [5.74, 6) is 0.877. The molecule has 1 atom stereocenters. The Morgan fingerprint density at radius 3 is 2.58 bits per heavy atom. The van der Waals surface area contributed by atoms with E-state index in [9.17, 15) is 14.7 Å². The molecule has 1 aromatic rings. The van der Waals surface area contributed by atoms with Gasteiger partial charge < -0.3 is 19.6 Å². The van der Waals surface area contributed by atoms with Crippen molar-refractivity contribution in [3.63, 3.8) is 0 Å². The van der Waals surface area contributed by atoms with E-state index in [-0.39, 0.29) is 11.8 Å². The highest BCUT2D eigenvalue weighted by molar-refractivity contribution is 5.77. The molecule has 144 valence electrons. The van der Waals surface area contributed by atoms with Gasteiger partial charge in [0.25, 0.3) is 0 Å². The third-order valence-corrected chi connectivity index (χ3v) is 4.70. The number of β-amino-alcohol motifs (C(OH)–C–C–N with tert-alkyl or cyclic N) is 1. The summed E-state index contributed by atoms with van der Waals surface area (Å²) < 4.78 is 5.55. The van der Waals surface area contributed by atoms with Gasteiger partial charge in [-0.3, -0.25) is 9.59 Å². The first kappa shape index (κ1) is 20.2. The molecule has 2 rings (SSSR count). The van der Waals surface area contributed by atoms with Crippen LogP contribution in [0.4, 0.5) is 0 Å². The number of nitrogens with zero attached hydrogens (tertiary/aromatic N) is 2. The Kier molecular flexibility index (Phi) is 7.45. The molecule has 0 aliphatic carbocycles. The highest BCUT2D eigenvalue weighted by atomic mass is 16.5. The summed E-state index contributed by atoms with van der Waals surface area (Å²) >= 11 is 0. The van der Waals surface area contributed by atoms with Crippen molar-refractivity contribution in [2.75, 3.05) is 32.8 Å². The zero-order valence-corrected chi connectivity index (χ0v) is 16.0. The van der Waals surface area contributed by atoms with Crippen LogP contribution in [0, 0.1) is 6.92 Å². The Morgan fingerprint density at radius 2 is 1.92 bits per heavy atom. The normalized spacial score (nSPS) is 17.8. The lowest BCUT2D eigenvalue weighted by molar-refractivity contribution is -0.132. The van der Waals surface area contributed by atoms with E-state index in [1.165, 1.54) is 12.5 Å². The number of hydrogen-bond donors (Lipinski definition) is 1. The standard InChI is InChI=1S/C20H30N2O4/c1-4-26-19-9-8-17(12-15(19)2)6-5-7-20(25)22-11-10-21(16(3)23)13-18(24)14-22/h8-9,12,18,24H,4-7,10-11,13-14H2,1-3H3/t18-/m0/s1. The highest BCUT2D eigenvalue weighted by Gasteiger charge is 2.25. The van der Waals surface area contributed by atoms with Gasteiger partial charge in [-0.1, -0.05) is 12.1 Å². The van der Waals surface area contributed by atoms with Crippen LogP contribution in [0.15, 0.2) is 18.2 Å². The van der Waals surface area contributed by atoms with E-state index in [0.717, 1.165) is 24.2 Å². The van der Waals surface area contributed by atoms with Crippen LogP contribution in [-0.2, 0) is 16.0 Å². The molecule has 0 radical (unpaired) electrons. The minimum atomic E-state index is -0.681. The minimum absolute atomic E-state index is 0.0390. The van der Waals surface area contributed by atoms with Crippen molar-refractivity contribution >= 4 is 11.8 Å². The van der Waals surface area contributed by atoms with Crippen LogP contribution in [0.3, 0.4) is 0 Å². The molecule has 2 amide bonds. The number of rotatable bonds is 6. The molecule has 0 aromatic heterocycles. The van der Waals surface area contributed by atoms with Crippen molar-refractivity contribution in [2.45, 2.75) is 46.1 Å². The van der Waals surface area contributed by atoms with E-state index < -0.39 is 6.10 Å². The maximum Gasteiger partial charge on any atom is 0.222 e. The average Bonchev–Trinajstić information content (AvgIpc) is 2.79. The number of benzene rings is 1. The minimum Gasteiger partial charge on any atom is -0.494 e. The first-order valence-corrected chi connectivity index (χ1v) is 9.34. The summed E-state index contributed by atoms with van der Waals surface area (Å²) in [6, 6.07) is 6.14. The number of aryl methyl sites for hydroxylation is 2. The lowest BCUT2D eigenvalue weighted by Crippen LogP contribution is -2.37. The van der Waals surface area contributed by atoms with Crippen LogP contribution in [0.2, 0.25) is 0 Å². The van der Waals surface area contributed by atoms with Crippen LogP contribution in [0.5, 0.6) is 5.75 Å². The molecule has 1 aliphatic heterocycles. The molecule has 1 heterocycles. The predicted molar refractivity (Wildman–Crippen MR) is 100 cm³/mol. The molecular weight excluding hydrogens is 332 g/mol. The Labute approximate surface area is 155 Å². The number of carbonyl (C=O) groups is 2. The quantitative estimate of drug-likeness (QED) is 0.837. The van der Waals surface area contributed by atoms with Crippen molar-refractivity contribution in [3.05, 3.63) is 29.3 Å². The van der Waals surface area contributed by atoms with Crippen LogP contribution in [0.1, 0.15) is 37.8 Å². The molecule has 0 saturated carbocycles. The van der Waals surface area contributed by atoms with E-state index in [1.807, 2.05) is 26.0 Å². The molecule has 1 aromatic carbocycles. The van der Waals surface area contributed by atoms with E-state index in [0.29, 0.717) is 39.2 Å². The van der Waals surface area contributed by atoms with Gasteiger partial charge >= 0.3 is 0 Å². The van der Waals surface area contributed by atoms with Gasteiger partial charge in [0.2, 0.25) is 11.8 Å². The smallest absolute Gasteiger partial charge is 0.222 e. The summed E-state index contributed by atoms with van der Waals surface area (Å²) in [6.45, 7) is 7.69. The average molecular weight is 362 g/mol. The zero-order chi connectivity index (χ0) is 19.1. The fourth-order valence-corrected chi connectivity index (χ4v) is 3.29. The molecule has 1 fully saturated rings. The van der Waals surface area contributed by atoms with Crippen molar-refractivity contribution in [3.8, 4) is 5.75 Å². The Balaban J connectivity index is 1.83. The lowest BCUT2D eigenvalue weighted by atomic mass is 10.0. The van der Waals surface area contributed by atoms with E-state index in [2.05, 4.69) is 6.07 Å². The number of hydrogen-bond acceptors (Lipinski definition) is 4. The number of ether oxygens (including phenoxy) is 1. The molecule has 6 heteroatoms. The SMILES string of the molecule is CCOc1ccc(CCCC(=O)N2CCN(C(C)=O)C[C@H](O)C2)cc1C. The van der Waals surface area contributed by atoms with Crippen molar-refractivity contribution in [2.24, 2.45) is 0 Å². The monoisotopic (exact) mass is 362 g/mol. The van der Waals surface area contributed by atoms with Gasteiger partial charge in [-0.25, -0.2) is 0 Å². The third kappa shape index (κ3) is 5.73. The maximum absolute atomic E-state index is 12.5. The molecule has 0 bridgehead atoms. The largest absolute Gasteiger partial charge is 0.494 e. The second-order valence-corrected chi connectivity index (χ2v) is 6.85. The summed E-state index contributed by atoms with van der Waals surface area (Å²) in [5, 5.41) is 10.0. The summed E-state index contributed by atoms with van der Waals surface area (Å²) in [6.07, 6.45) is 1.35. The summed E-state index contributed by atoms with van der Waals surface area (Å²) in [5.41, 5.74) is 2.30. The van der Waals surface area contributed by atoms with Gasteiger partial charge in [0.05, 0.1) is 12.7 Å². The second kappa shape index (κ2) is 9.57. The van der Waals surface area contributed by atoms with Gasteiger partial charge in [-0.15, -0.1) is 0 Å². The lowest BCUT2D eigenvalue weighted by Gasteiger charge is -2.21. The van der Waals surface area contributed by atoms with E-state index >= 15 is 0 Å². The van der Waals surface area contributed by atoms with Gasteiger partial charge in [-0.05, 0) is 43.9 Å². The number of carbonyl (C=O) groups excluding carboxylic acids is 2. The van der Waals surface area contributed by atoms with Crippen LogP contribution in [0.25, 0.3) is 0 Å².